The molecule has 126 valence electrons. The predicted molar refractivity (Wildman–Crippen MR) is 75.7 cm³/mol. The Morgan fingerprint density at radius 2 is 1.74 bits per heavy atom. The van der Waals surface area contributed by atoms with Gasteiger partial charge in [-0.05, 0) is 6.07 Å². The maximum absolute atomic E-state index is 12.9. The fourth-order valence-electron chi connectivity index (χ4n) is 3.58. The molecule has 2 heterocycles. The average Bonchev–Trinajstić information content (AvgIpc) is 2.86. The number of rotatable bonds is 2. The van der Waals surface area contributed by atoms with E-state index in [9.17, 15) is 13.2 Å². The third-order valence-electron chi connectivity index (χ3n) is 4.69. The van der Waals surface area contributed by atoms with E-state index in [2.05, 4.69) is 15.3 Å². The van der Waals surface area contributed by atoms with E-state index in [1.165, 1.54) is 12.1 Å². The number of hydrogen-bond acceptors (Lipinski definition) is 5. The van der Waals surface area contributed by atoms with Gasteiger partial charge in [-0.15, -0.1) is 15.3 Å². The molecule has 0 aromatic carbocycles. The molecule has 3 rings (SSSR count). The Hall–Kier alpha value is -1.90. The van der Waals surface area contributed by atoms with Crippen LogP contribution in [0.15, 0.2) is 12.1 Å². The van der Waals surface area contributed by atoms with E-state index in [0.29, 0.717) is 4.52 Å². The lowest BCUT2D eigenvalue weighted by Gasteiger charge is -2.61. The quantitative estimate of drug-likeness (QED) is 0.914. The van der Waals surface area contributed by atoms with E-state index in [4.69, 9.17) is 10.5 Å². The molecule has 9 heteroatoms. The van der Waals surface area contributed by atoms with Crippen molar-refractivity contribution in [1.82, 2.24) is 19.8 Å². The second-order valence-corrected chi connectivity index (χ2v) is 7.08. The molecule has 0 radical (unpaired) electrons. The highest BCUT2D eigenvalue weighted by molar-refractivity contribution is 5.38. The Balaban J connectivity index is 1.96. The van der Waals surface area contributed by atoms with Crippen molar-refractivity contribution in [2.45, 2.75) is 46.0 Å². The summed E-state index contributed by atoms with van der Waals surface area (Å²) < 4.78 is 45.2. The van der Waals surface area contributed by atoms with Crippen molar-refractivity contribution in [1.29, 1.82) is 0 Å². The number of fused-ring (bicyclic) bond motifs is 1. The summed E-state index contributed by atoms with van der Waals surface area (Å²) in [5.74, 6) is -1.09. The van der Waals surface area contributed by atoms with Crippen LogP contribution in [0.5, 0.6) is 5.88 Å². The van der Waals surface area contributed by atoms with Gasteiger partial charge in [0.25, 0.3) is 5.82 Å². The van der Waals surface area contributed by atoms with Gasteiger partial charge in [-0.1, -0.05) is 27.7 Å². The van der Waals surface area contributed by atoms with E-state index in [0.717, 1.165) is 0 Å². The van der Waals surface area contributed by atoms with Crippen LogP contribution in [-0.4, -0.2) is 32.0 Å². The zero-order valence-electron chi connectivity index (χ0n) is 13.2. The molecular formula is C14H18F3N5O. The molecule has 0 unspecified atom stereocenters. The van der Waals surface area contributed by atoms with Crippen molar-refractivity contribution in [3.05, 3.63) is 18.0 Å². The molecule has 2 aromatic rings. The molecule has 0 atom stereocenters. The summed E-state index contributed by atoms with van der Waals surface area (Å²) in [6.45, 7) is 7.86. The Kier molecular flexibility index (Phi) is 3.17. The normalized spacial score (nSPS) is 26.1. The molecule has 0 amide bonds. The van der Waals surface area contributed by atoms with Crippen LogP contribution in [0.4, 0.5) is 13.2 Å². The highest BCUT2D eigenvalue weighted by Gasteiger charge is 2.62. The zero-order valence-corrected chi connectivity index (χ0v) is 13.2. The third-order valence-corrected chi connectivity index (χ3v) is 4.69. The maximum atomic E-state index is 12.9. The molecule has 2 N–H and O–H groups in total. The summed E-state index contributed by atoms with van der Waals surface area (Å²) in [6, 6.07) is 2.80. The smallest absolute Gasteiger partial charge is 0.453 e. The number of halogens is 3. The first kappa shape index (κ1) is 16.0. The molecule has 1 aliphatic carbocycles. The van der Waals surface area contributed by atoms with Crippen molar-refractivity contribution < 1.29 is 17.9 Å². The van der Waals surface area contributed by atoms with Gasteiger partial charge in [0.15, 0.2) is 5.65 Å². The second kappa shape index (κ2) is 4.56. The summed E-state index contributed by atoms with van der Waals surface area (Å²) in [7, 11) is 0. The Bertz CT molecular complexity index is 736. The lowest BCUT2D eigenvalue weighted by molar-refractivity contribution is -0.157. The first-order chi connectivity index (χ1) is 10.5. The van der Waals surface area contributed by atoms with Crippen LogP contribution in [0.25, 0.3) is 5.65 Å². The lowest BCUT2D eigenvalue weighted by atomic mass is 9.50. The Morgan fingerprint density at radius 3 is 2.30 bits per heavy atom. The van der Waals surface area contributed by atoms with Crippen LogP contribution in [0.1, 0.15) is 33.5 Å². The number of aromatic nitrogens is 4. The fraction of sp³-hybridized carbons (Fsp3) is 0.643. The highest BCUT2D eigenvalue weighted by atomic mass is 19.4. The van der Waals surface area contributed by atoms with Crippen LogP contribution in [0.2, 0.25) is 0 Å². The lowest BCUT2D eigenvalue weighted by Crippen LogP contribution is -2.73. The minimum absolute atomic E-state index is 0.00788. The number of nitrogens with two attached hydrogens (primary N) is 1. The van der Waals surface area contributed by atoms with Gasteiger partial charge in [0.1, 0.15) is 6.10 Å². The maximum Gasteiger partial charge on any atom is 0.453 e. The monoisotopic (exact) mass is 329 g/mol. The summed E-state index contributed by atoms with van der Waals surface area (Å²) >= 11 is 0. The van der Waals surface area contributed by atoms with Crippen molar-refractivity contribution in [2.75, 3.05) is 0 Å². The minimum atomic E-state index is -4.64. The van der Waals surface area contributed by atoms with Crippen molar-refractivity contribution >= 4 is 5.65 Å². The number of hydrogen-bond donors (Lipinski definition) is 1. The predicted octanol–water partition coefficient (Wildman–Crippen LogP) is 2.28. The summed E-state index contributed by atoms with van der Waals surface area (Å²) in [4.78, 5) is 0. The first-order valence-electron chi connectivity index (χ1n) is 7.17. The SMILES string of the molecule is CC1(C)[C@H](N)C(C)(C)[C@H]1Oc1ccc2nnc(C(F)(F)F)n2n1. The molecule has 0 bridgehead atoms. The van der Waals surface area contributed by atoms with Crippen molar-refractivity contribution in [3.8, 4) is 5.88 Å². The van der Waals surface area contributed by atoms with Gasteiger partial charge in [0.05, 0.1) is 0 Å². The van der Waals surface area contributed by atoms with Gasteiger partial charge in [0, 0.05) is 22.9 Å². The van der Waals surface area contributed by atoms with Crippen LogP contribution in [0.3, 0.4) is 0 Å². The van der Waals surface area contributed by atoms with Gasteiger partial charge < -0.3 is 10.5 Å². The molecule has 1 aliphatic rings. The molecule has 1 fully saturated rings. The number of ether oxygens (including phenoxy) is 1. The fourth-order valence-corrected chi connectivity index (χ4v) is 3.58. The van der Waals surface area contributed by atoms with E-state index in [1.807, 2.05) is 27.7 Å². The molecule has 0 aliphatic heterocycles. The zero-order chi connectivity index (χ0) is 17.2. The first-order valence-corrected chi connectivity index (χ1v) is 7.17. The standard InChI is InChI=1S/C14H18F3N5O/c1-12(2)9(18)13(3,4)10(12)23-8-6-5-7-19-20-11(14(15,16)17)22(7)21-8/h5-6,9-10H,18H2,1-4H3/t9-,10-. The van der Waals surface area contributed by atoms with Crippen LogP contribution >= 0.6 is 0 Å². The minimum Gasteiger partial charge on any atom is -0.472 e. The summed E-state index contributed by atoms with van der Waals surface area (Å²) in [5.41, 5.74) is 5.56. The van der Waals surface area contributed by atoms with Gasteiger partial charge in [-0.2, -0.15) is 17.7 Å². The second-order valence-electron chi connectivity index (χ2n) is 7.08. The largest absolute Gasteiger partial charge is 0.472 e. The van der Waals surface area contributed by atoms with E-state index >= 15 is 0 Å². The van der Waals surface area contributed by atoms with Crippen molar-refractivity contribution in [3.63, 3.8) is 0 Å². The topological polar surface area (TPSA) is 78.3 Å². The molecule has 0 saturated heterocycles. The molecule has 0 spiro atoms. The van der Waals surface area contributed by atoms with E-state index in [-0.39, 0.29) is 34.5 Å². The van der Waals surface area contributed by atoms with Crippen LogP contribution in [-0.2, 0) is 6.18 Å². The summed E-state index contributed by atoms with van der Waals surface area (Å²) in [6.07, 6.45) is -4.90. The number of alkyl halides is 3. The highest BCUT2D eigenvalue weighted by Crippen LogP contribution is 2.54. The van der Waals surface area contributed by atoms with E-state index < -0.39 is 12.0 Å². The van der Waals surface area contributed by atoms with Crippen LogP contribution in [0, 0.1) is 10.8 Å². The number of nitrogens with zero attached hydrogens (tertiary/aromatic N) is 4. The van der Waals surface area contributed by atoms with E-state index in [1.54, 1.807) is 0 Å². The van der Waals surface area contributed by atoms with Crippen LogP contribution < -0.4 is 10.5 Å². The van der Waals surface area contributed by atoms with Crippen molar-refractivity contribution in [2.24, 2.45) is 16.6 Å². The molecule has 2 aromatic heterocycles. The Labute approximate surface area is 130 Å². The van der Waals surface area contributed by atoms with Gasteiger partial charge in [-0.3, -0.25) is 0 Å². The Morgan fingerprint density at radius 1 is 1.13 bits per heavy atom. The molecule has 6 nitrogen and oxygen atoms in total. The average molecular weight is 329 g/mol. The van der Waals surface area contributed by atoms with Gasteiger partial charge in [0.2, 0.25) is 5.88 Å². The molecular weight excluding hydrogens is 311 g/mol. The summed E-state index contributed by atoms with van der Waals surface area (Å²) in [5, 5.41) is 10.5. The third kappa shape index (κ3) is 2.25. The van der Waals surface area contributed by atoms with Gasteiger partial charge >= 0.3 is 6.18 Å². The molecule has 1 saturated carbocycles. The van der Waals surface area contributed by atoms with Gasteiger partial charge in [-0.25, -0.2) is 0 Å². The molecule has 23 heavy (non-hydrogen) atoms.